The summed E-state index contributed by atoms with van der Waals surface area (Å²) in [6, 6.07) is 12.2. The summed E-state index contributed by atoms with van der Waals surface area (Å²) >= 11 is 6.04. The summed E-state index contributed by atoms with van der Waals surface area (Å²) in [5, 5.41) is 18.4. The van der Waals surface area contributed by atoms with Crippen molar-refractivity contribution < 1.29 is 14.9 Å². The summed E-state index contributed by atoms with van der Waals surface area (Å²) in [6.45, 7) is -0.0442. The topological polar surface area (TPSA) is 49.7 Å². The smallest absolute Gasteiger partial charge is 0.146 e. The number of hydrogen-bond donors (Lipinski definition) is 2. The van der Waals surface area contributed by atoms with E-state index in [1.165, 1.54) is 0 Å². The third-order valence-corrected chi connectivity index (χ3v) is 2.81. The highest BCUT2D eigenvalue weighted by molar-refractivity contribution is 6.32. The number of benzene rings is 2. The SMILES string of the molecule is OCc1ccc(Oc2ccc(CO)cc2Cl)cc1. The van der Waals surface area contributed by atoms with Crippen LogP contribution >= 0.6 is 11.6 Å². The number of halogens is 1. The van der Waals surface area contributed by atoms with Gasteiger partial charge in [0.15, 0.2) is 0 Å². The maximum Gasteiger partial charge on any atom is 0.146 e. The van der Waals surface area contributed by atoms with Gasteiger partial charge in [-0.15, -0.1) is 0 Å². The van der Waals surface area contributed by atoms with Gasteiger partial charge in [-0.2, -0.15) is 0 Å². The van der Waals surface area contributed by atoms with Crippen molar-refractivity contribution in [2.24, 2.45) is 0 Å². The summed E-state index contributed by atoms with van der Waals surface area (Å²) in [4.78, 5) is 0. The van der Waals surface area contributed by atoms with Crippen LogP contribution in [0.5, 0.6) is 11.5 Å². The van der Waals surface area contributed by atoms with E-state index in [1.54, 1.807) is 42.5 Å². The molecule has 0 amide bonds. The van der Waals surface area contributed by atoms with E-state index in [0.29, 0.717) is 16.5 Å². The third kappa shape index (κ3) is 3.01. The first kappa shape index (κ1) is 12.9. The highest BCUT2D eigenvalue weighted by Gasteiger charge is 2.04. The second kappa shape index (κ2) is 5.87. The molecule has 0 atom stereocenters. The molecule has 0 aliphatic rings. The summed E-state index contributed by atoms with van der Waals surface area (Å²) in [7, 11) is 0. The molecule has 18 heavy (non-hydrogen) atoms. The molecular weight excluding hydrogens is 252 g/mol. The van der Waals surface area contributed by atoms with Gasteiger partial charge in [-0.05, 0) is 35.4 Å². The first-order valence-corrected chi connectivity index (χ1v) is 5.87. The van der Waals surface area contributed by atoms with Gasteiger partial charge >= 0.3 is 0 Å². The van der Waals surface area contributed by atoms with Crippen molar-refractivity contribution in [3.8, 4) is 11.5 Å². The lowest BCUT2D eigenvalue weighted by molar-refractivity contribution is 0.281. The second-order valence-corrected chi connectivity index (χ2v) is 4.23. The van der Waals surface area contributed by atoms with E-state index in [2.05, 4.69) is 0 Å². The van der Waals surface area contributed by atoms with Gasteiger partial charge in [-0.3, -0.25) is 0 Å². The number of aliphatic hydroxyl groups excluding tert-OH is 2. The molecular formula is C14H13ClO3. The van der Waals surface area contributed by atoms with Crippen molar-refractivity contribution in [3.63, 3.8) is 0 Å². The summed E-state index contributed by atoms with van der Waals surface area (Å²) < 4.78 is 5.61. The molecule has 0 aromatic heterocycles. The average molecular weight is 265 g/mol. The largest absolute Gasteiger partial charge is 0.456 e. The highest BCUT2D eigenvalue weighted by atomic mass is 35.5. The minimum atomic E-state index is -0.0504. The summed E-state index contributed by atoms with van der Waals surface area (Å²) in [5.41, 5.74) is 1.56. The molecule has 0 aliphatic heterocycles. The third-order valence-electron chi connectivity index (χ3n) is 2.51. The van der Waals surface area contributed by atoms with Crippen LogP contribution in [0.25, 0.3) is 0 Å². The Morgan fingerprint density at radius 3 is 2.06 bits per heavy atom. The molecule has 2 aromatic carbocycles. The van der Waals surface area contributed by atoms with Gasteiger partial charge < -0.3 is 14.9 Å². The zero-order valence-corrected chi connectivity index (χ0v) is 10.4. The molecule has 3 nitrogen and oxygen atoms in total. The molecule has 0 heterocycles. The van der Waals surface area contributed by atoms with Crippen molar-refractivity contribution in [3.05, 3.63) is 58.6 Å². The van der Waals surface area contributed by atoms with Gasteiger partial charge in [0.2, 0.25) is 0 Å². The van der Waals surface area contributed by atoms with Gasteiger partial charge in [0, 0.05) is 0 Å². The molecule has 2 rings (SSSR count). The van der Waals surface area contributed by atoms with Crippen LogP contribution in [0.1, 0.15) is 11.1 Å². The number of hydrogen-bond acceptors (Lipinski definition) is 3. The van der Waals surface area contributed by atoms with E-state index < -0.39 is 0 Å². The van der Waals surface area contributed by atoms with E-state index in [1.807, 2.05) is 0 Å². The maximum absolute atomic E-state index is 8.98. The molecule has 0 saturated carbocycles. The normalized spacial score (nSPS) is 10.4. The van der Waals surface area contributed by atoms with Gasteiger partial charge in [0.1, 0.15) is 11.5 Å². The Kier molecular flexibility index (Phi) is 4.20. The molecule has 0 unspecified atom stereocenters. The molecule has 0 radical (unpaired) electrons. The minimum absolute atomic E-state index is 0.00618. The first-order valence-electron chi connectivity index (χ1n) is 5.50. The number of aliphatic hydroxyl groups is 2. The predicted molar refractivity (Wildman–Crippen MR) is 69.8 cm³/mol. The standard InChI is InChI=1S/C14H13ClO3/c15-13-7-11(9-17)3-6-14(13)18-12-4-1-10(8-16)2-5-12/h1-7,16-17H,8-9H2. The molecule has 0 aliphatic carbocycles. The monoisotopic (exact) mass is 264 g/mol. The Hall–Kier alpha value is -1.55. The molecule has 0 saturated heterocycles. The molecule has 0 spiro atoms. The van der Waals surface area contributed by atoms with Crippen LogP contribution in [0.3, 0.4) is 0 Å². The molecule has 2 N–H and O–H groups in total. The fourth-order valence-electron chi connectivity index (χ4n) is 1.52. The minimum Gasteiger partial charge on any atom is -0.456 e. The van der Waals surface area contributed by atoms with Crippen molar-refractivity contribution in [2.75, 3.05) is 0 Å². The quantitative estimate of drug-likeness (QED) is 0.892. The Morgan fingerprint density at radius 2 is 1.50 bits per heavy atom. The van der Waals surface area contributed by atoms with Gasteiger partial charge in [0.05, 0.1) is 18.2 Å². The van der Waals surface area contributed by atoms with Gasteiger partial charge in [-0.25, -0.2) is 0 Å². The number of ether oxygens (including phenoxy) is 1. The molecule has 4 heteroatoms. The first-order chi connectivity index (χ1) is 8.72. The van der Waals surface area contributed by atoms with E-state index in [0.717, 1.165) is 11.1 Å². The Morgan fingerprint density at radius 1 is 0.889 bits per heavy atom. The van der Waals surface area contributed by atoms with Crippen LogP contribution in [0.2, 0.25) is 5.02 Å². The van der Waals surface area contributed by atoms with Crippen LogP contribution in [-0.4, -0.2) is 10.2 Å². The Labute approximate surface area is 110 Å². The van der Waals surface area contributed by atoms with E-state index in [9.17, 15) is 0 Å². The van der Waals surface area contributed by atoms with E-state index >= 15 is 0 Å². The zero-order valence-electron chi connectivity index (χ0n) is 9.64. The zero-order chi connectivity index (χ0) is 13.0. The van der Waals surface area contributed by atoms with Crippen molar-refractivity contribution in [1.82, 2.24) is 0 Å². The lowest BCUT2D eigenvalue weighted by atomic mass is 10.2. The number of rotatable bonds is 4. The second-order valence-electron chi connectivity index (χ2n) is 3.83. The van der Waals surface area contributed by atoms with Crippen molar-refractivity contribution >= 4 is 11.6 Å². The van der Waals surface area contributed by atoms with Crippen LogP contribution in [0, 0.1) is 0 Å². The Bertz CT molecular complexity index is 523. The fraction of sp³-hybridized carbons (Fsp3) is 0.143. The molecule has 0 bridgehead atoms. The van der Waals surface area contributed by atoms with Crippen LogP contribution in [-0.2, 0) is 13.2 Å². The molecule has 94 valence electrons. The Balaban J connectivity index is 2.17. The van der Waals surface area contributed by atoms with E-state index in [4.69, 9.17) is 26.6 Å². The van der Waals surface area contributed by atoms with Crippen LogP contribution in [0.4, 0.5) is 0 Å². The lowest BCUT2D eigenvalue weighted by Crippen LogP contribution is -1.89. The highest BCUT2D eigenvalue weighted by Crippen LogP contribution is 2.30. The maximum atomic E-state index is 8.98. The van der Waals surface area contributed by atoms with E-state index in [-0.39, 0.29) is 13.2 Å². The molecule has 0 fully saturated rings. The van der Waals surface area contributed by atoms with Crippen molar-refractivity contribution in [2.45, 2.75) is 13.2 Å². The van der Waals surface area contributed by atoms with Crippen LogP contribution < -0.4 is 4.74 Å². The average Bonchev–Trinajstić information content (AvgIpc) is 2.42. The van der Waals surface area contributed by atoms with Crippen LogP contribution in [0.15, 0.2) is 42.5 Å². The summed E-state index contributed by atoms with van der Waals surface area (Å²) in [5.74, 6) is 1.18. The van der Waals surface area contributed by atoms with Gasteiger partial charge in [0.25, 0.3) is 0 Å². The predicted octanol–water partition coefficient (Wildman–Crippen LogP) is 3.12. The molecule has 2 aromatic rings. The summed E-state index contributed by atoms with van der Waals surface area (Å²) in [6.07, 6.45) is 0. The fourth-order valence-corrected chi connectivity index (χ4v) is 1.76. The van der Waals surface area contributed by atoms with Gasteiger partial charge in [-0.1, -0.05) is 29.8 Å². The lowest BCUT2D eigenvalue weighted by Gasteiger charge is -2.09. The van der Waals surface area contributed by atoms with Crippen molar-refractivity contribution in [1.29, 1.82) is 0 Å².